The van der Waals surface area contributed by atoms with E-state index >= 15 is 0 Å². The van der Waals surface area contributed by atoms with Gasteiger partial charge < -0.3 is 5.32 Å². The van der Waals surface area contributed by atoms with Gasteiger partial charge in [-0.05, 0) is 36.4 Å². The molecular formula is C15H12BrCl2FN2O3S. The van der Waals surface area contributed by atoms with Crippen LogP contribution in [0, 0.1) is 5.82 Å². The Hall–Kier alpha value is -1.35. The zero-order chi connectivity index (χ0) is 18.8. The van der Waals surface area contributed by atoms with Crippen molar-refractivity contribution in [3.63, 3.8) is 0 Å². The normalized spacial score (nSPS) is 11.2. The van der Waals surface area contributed by atoms with E-state index in [2.05, 4.69) is 21.2 Å². The lowest BCUT2D eigenvalue weighted by Crippen LogP contribution is -2.37. The summed E-state index contributed by atoms with van der Waals surface area (Å²) in [7, 11) is -3.81. The zero-order valence-corrected chi connectivity index (χ0v) is 16.7. The van der Waals surface area contributed by atoms with Crippen LogP contribution in [0.25, 0.3) is 0 Å². The first-order chi connectivity index (χ1) is 11.6. The minimum absolute atomic E-state index is 0.0659. The quantitative estimate of drug-likeness (QED) is 0.709. The molecule has 2 aromatic carbocycles. The van der Waals surface area contributed by atoms with Gasteiger partial charge in [0.25, 0.3) is 0 Å². The van der Waals surface area contributed by atoms with Crippen LogP contribution in [0.1, 0.15) is 0 Å². The molecule has 0 aliphatic rings. The molecule has 0 aliphatic heterocycles. The Bertz CT molecular complexity index is 925. The van der Waals surface area contributed by atoms with E-state index in [0.717, 1.165) is 10.6 Å². The molecule has 0 atom stereocenters. The van der Waals surface area contributed by atoms with Crippen LogP contribution >= 0.6 is 39.1 Å². The van der Waals surface area contributed by atoms with Crippen LogP contribution in [0.5, 0.6) is 0 Å². The number of anilines is 2. The number of hydrogen-bond acceptors (Lipinski definition) is 3. The second-order valence-corrected chi connectivity index (χ2v) is 8.70. The lowest BCUT2D eigenvalue weighted by Gasteiger charge is -2.23. The minimum Gasteiger partial charge on any atom is -0.322 e. The Morgan fingerprint density at radius 3 is 2.48 bits per heavy atom. The highest BCUT2D eigenvalue weighted by atomic mass is 79.9. The first-order valence-corrected chi connectivity index (χ1v) is 10.2. The van der Waals surface area contributed by atoms with Gasteiger partial charge in [0.05, 0.1) is 22.7 Å². The van der Waals surface area contributed by atoms with Crippen molar-refractivity contribution in [2.75, 3.05) is 22.4 Å². The number of nitrogens with zero attached hydrogens (tertiary/aromatic N) is 1. The predicted molar refractivity (Wildman–Crippen MR) is 101 cm³/mol. The number of carbonyl (C=O) groups is 1. The molecule has 0 saturated carbocycles. The topological polar surface area (TPSA) is 66.5 Å². The summed E-state index contributed by atoms with van der Waals surface area (Å²) >= 11 is 14.9. The smallest absolute Gasteiger partial charge is 0.245 e. The summed E-state index contributed by atoms with van der Waals surface area (Å²) in [6, 6.07) is 8.29. The van der Waals surface area contributed by atoms with Crippen LogP contribution in [0.2, 0.25) is 10.0 Å². The van der Waals surface area contributed by atoms with Crippen LogP contribution < -0.4 is 9.62 Å². The van der Waals surface area contributed by atoms with Gasteiger partial charge in [-0.3, -0.25) is 9.10 Å². The number of amides is 1. The number of sulfonamides is 1. The number of halogens is 4. The SMILES string of the molecule is CS(=O)(=O)N(CC(=O)Nc1ccc(Br)cc1F)c1ccc(Cl)cc1Cl. The fourth-order valence-electron chi connectivity index (χ4n) is 1.98. The zero-order valence-electron chi connectivity index (χ0n) is 12.8. The summed E-state index contributed by atoms with van der Waals surface area (Å²) < 4.78 is 39.2. The van der Waals surface area contributed by atoms with E-state index in [0.29, 0.717) is 9.50 Å². The van der Waals surface area contributed by atoms with Crippen LogP contribution in [0.3, 0.4) is 0 Å². The van der Waals surface area contributed by atoms with Crippen molar-refractivity contribution in [1.82, 2.24) is 0 Å². The largest absolute Gasteiger partial charge is 0.322 e. The average Bonchev–Trinajstić information content (AvgIpc) is 2.47. The van der Waals surface area contributed by atoms with E-state index in [9.17, 15) is 17.6 Å². The number of nitrogens with one attached hydrogen (secondary N) is 1. The van der Waals surface area contributed by atoms with Gasteiger partial charge in [0.15, 0.2) is 0 Å². The fourth-order valence-corrected chi connectivity index (χ4v) is 3.74. The molecule has 0 saturated heterocycles. The standard InChI is InChI=1S/C15H12BrCl2FN2O3S/c1-25(23,24)21(14-5-3-10(17)7-11(14)18)8-15(22)20-13-4-2-9(16)6-12(13)19/h2-7H,8H2,1H3,(H,20,22). The molecule has 134 valence electrons. The third-order valence-corrected chi connectivity index (χ3v) is 5.23. The van der Waals surface area contributed by atoms with Gasteiger partial charge in [0.1, 0.15) is 12.4 Å². The summed E-state index contributed by atoms with van der Waals surface area (Å²) in [6.07, 6.45) is 0.936. The monoisotopic (exact) mass is 468 g/mol. The molecule has 0 aromatic heterocycles. The molecule has 0 bridgehead atoms. The van der Waals surface area contributed by atoms with Crippen LogP contribution in [0.4, 0.5) is 15.8 Å². The first kappa shape index (κ1) is 20.0. The Kier molecular flexibility index (Phi) is 6.31. The van der Waals surface area contributed by atoms with Gasteiger partial charge in [-0.2, -0.15) is 0 Å². The number of hydrogen-bond donors (Lipinski definition) is 1. The summed E-state index contributed by atoms with van der Waals surface area (Å²) in [5.74, 6) is -1.38. The van der Waals surface area contributed by atoms with Crippen molar-refractivity contribution < 1.29 is 17.6 Å². The van der Waals surface area contributed by atoms with E-state index in [1.54, 1.807) is 6.07 Å². The predicted octanol–water partition coefficient (Wildman–Crippen LogP) is 4.30. The number of benzene rings is 2. The third-order valence-electron chi connectivity index (χ3n) is 3.07. The van der Waals surface area contributed by atoms with Crippen LogP contribution in [0.15, 0.2) is 40.9 Å². The molecule has 5 nitrogen and oxygen atoms in total. The van der Waals surface area contributed by atoms with E-state index in [-0.39, 0.29) is 16.4 Å². The van der Waals surface area contributed by atoms with E-state index < -0.39 is 28.3 Å². The molecule has 25 heavy (non-hydrogen) atoms. The lowest BCUT2D eigenvalue weighted by molar-refractivity contribution is -0.114. The van der Waals surface area contributed by atoms with Gasteiger partial charge in [0.2, 0.25) is 15.9 Å². The van der Waals surface area contributed by atoms with Crippen molar-refractivity contribution in [1.29, 1.82) is 0 Å². The highest BCUT2D eigenvalue weighted by Crippen LogP contribution is 2.30. The van der Waals surface area contributed by atoms with E-state index in [4.69, 9.17) is 23.2 Å². The van der Waals surface area contributed by atoms with Crippen molar-refractivity contribution in [2.24, 2.45) is 0 Å². The number of rotatable bonds is 5. The molecule has 0 heterocycles. The third kappa shape index (κ3) is 5.31. The molecule has 0 unspecified atom stereocenters. The van der Waals surface area contributed by atoms with Crippen LogP contribution in [-0.2, 0) is 14.8 Å². The number of carbonyl (C=O) groups excluding carboxylic acids is 1. The maximum Gasteiger partial charge on any atom is 0.245 e. The lowest BCUT2D eigenvalue weighted by atomic mass is 10.3. The van der Waals surface area contributed by atoms with Gasteiger partial charge >= 0.3 is 0 Å². The minimum atomic E-state index is -3.81. The summed E-state index contributed by atoms with van der Waals surface area (Å²) in [5.41, 5.74) is 0.0313. The molecule has 0 spiro atoms. The Morgan fingerprint density at radius 2 is 1.92 bits per heavy atom. The summed E-state index contributed by atoms with van der Waals surface area (Å²) in [4.78, 5) is 12.2. The molecule has 2 aromatic rings. The van der Waals surface area contributed by atoms with Crippen molar-refractivity contribution >= 4 is 66.4 Å². The Morgan fingerprint density at radius 1 is 1.24 bits per heavy atom. The van der Waals surface area contributed by atoms with Crippen molar-refractivity contribution in [2.45, 2.75) is 0 Å². The van der Waals surface area contributed by atoms with Crippen molar-refractivity contribution in [3.8, 4) is 0 Å². The summed E-state index contributed by atoms with van der Waals surface area (Å²) in [5, 5.41) is 2.72. The second-order valence-electron chi connectivity index (χ2n) is 5.04. The first-order valence-electron chi connectivity index (χ1n) is 6.75. The molecule has 0 aliphatic carbocycles. The highest BCUT2D eigenvalue weighted by Gasteiger charge is 2.23. The molecular weight excluding hydrogens is 458 g/mol. The van der Waals surface area contributed by atoms with E-state index in [1.807, 2.05) is 0 Å². The van der Waals surface area contributed by atoms with Gasteiger partial charge in [-0.1, -0.05) is 39.1 Å². The highest BCUT2D eigenvalue weighted by molar-refractivity contribution is 9.10. The average molecular weight is 470 g/mol. The summed E-state index contributed by atoms with van der Waals surface area (Å²) in [6.45, 7) is -0.574. The molecule has 0 fully saturated rings. The Balaban J connectivity index is 2.27. The maximum atomic E-state index is 13.8. The van der Waals surface area contributed by atoms with Gasteiger partial charge in [0, 0.05) is 9.50 Å². The fraction of sp³-hybridized carbons (Fsp3) is 0.133. The van der Waals surface area contributed by atoms with Crippen molar-refractivity contribution in [3.05, 3.63) is 56.7 Å². The maximum absolute atomic E-state index is 13.8. The molecule has 2 rings (SSSR count). The van der Waals surface area contributed by atoms with Gasteiger partial charge in [-0.25, -0.2) is 12.8 Å². The molecule has 10 heteroatoms. The van der Waals surface area contributed by atoms with Crippen LogP contribution in [-0.4, -0.2) is 27.1 Å². The Labute approximate surface area is 162 Å². The van der Waals surface area contributed by atoms with Gasteiger partial charge in [-0.15, -0.1) is 0 Å². The second kappa shape index (κ2) is 7.90. The molecule has 1 amide bonds. The molecule has 1 N–H and O–H groups in total. The van der Waals surface area contributed by atoms with E-state index in [1.165, 1.54) is 30.3 Å². The molecule has 0 radical (unpaired) electrons.